The molecular weight excluding hydrogens is 480 g/mol. The number of fused-ring (bicyclic) bond motifs is 1. The molecule has 2 saturated heterocycles. The molecular formula is C32H34O6. The summed E-state index contributed by atoms with van der Waals surface area (Å²) >= 11 is 0. The molecule has 3 aromatic carbocycles. The van der Waals surface area contributed by atoms with Gasteiger partial charge in [0.2, 0.25) is 0 Å². The lowest BCUT2D eigenvalue weighted by Crippen LogP contribution is -2.30. The van der Waals surface area contributed by atoms with E-state index in [4.69, 9.17) is 23.7 Å². The summed E-state index contributed by atoms with van der Waals surface area (Å²) in [4.78, 5) is 14.0. The van der Waals surface area contributed by atoms with E-state index in [1.165, 1.54) is 0 Å². The van der Waals surface area contributed by atoms with Gasteiger partial charge in [0.25, 0.3) is 0 Å². The van der Waals surface area contributed by atoms with Gasteiger partial charge in [-0.1, -0.05) is 42.0 Å². The summed E-state index contributed by atoms with van der Waals surface area (Å²) in [7, 11) is 0. The third-order valence-electron chi connectivity index (χ3n) is 7.51. The maximum absolute atomic E-state index is 14.0. The molecule has 4 atom stereocenters. The summed E-state index contributed by atoms with van der Waals surface area (Å²) in [5.74, 6) is 1.47. The summed E-state index contributed by atoms with van der Waals surface area (Å²) in [6.07, 6.45) is 5.13. The van der Waals surface area contributed by atoms with Crippen LogP contribution >= 0.6 is 0 Å². The summed E-state index contributed by atoms with van der Waals surface area (Å²) in [6.45, 7) is 3.49. The molecule has 0 saturated carbocycles. The zero-order valence-electron chi connectivity index (χ0n) is 21.8. The molecule has 0 amide bonds. The molecule has 3 heterocycles. The number of ether oxygens (including phenoxy) is 5. The molecule has 0 radical (unpaired) electrons. The summed E-state index contributed by atoms with van der Waals surface area (Å²) < 4.78 is 30.1. The maximum atomic E-state index is 14.0. The Morgan fingerprint density at radius 2 is 1.32 bits per heavy atom. The van der Waals surface area contributed by atoms with Gasteiger partial charge in [-0.25, -0.2) is 0 Å². The molecule has 0 bridgehead atoms. The van der Waals surface area contributed by atoms with Crippen LogP contribution in [0.4, 0.5) is 0 Å². The van der Waals surface area contributed by atoms with Crippen LogP contribution in [0.2, 0.25) is 0 Å². The molecule has 3 aliphatic rings. The Morgan fingerprint density at radius 3 is 1.95 bits per heavy atom. The minimum Gasteiger partial charge on any atom is -0.484 e. The fourth-order valence-corrected chi connectivity index (χ4v) is 5.40. The van der Waals surface area contributed by atoms with Gasteiger partial charge < -0.3 is 23.7 Å². The van der Waals surface area contributed by atoms with Crippen LogP contribution in [-0.2, 0) is 9.47 Å². The predicted octanol–water partition coefficient (Wildman–Crippen LogP) is 6.91. The molecule has 3 aliphatic heterocycles. The number of hydrogen-bond acceptors (Lipinski definition) is 6. The number of rotatable bonds is 6. The van der Waals surface area contributed by atoms with Crippen LogP contribution in [0.5, 0.6) is 17.2 Å². The topological polar surface area (TPSA) is 63.2 Å². The van der Waals surface area contributed by atoms with Crippen molar-refractivity contribution in [2.24, 2.45) is 0 Å². The molecule has 0 aromatic heterocycles. The molecule has 0 spiro atoms. The van der Waals surface area contributed by atoms with E-state index in [0.717, 1.165) is 67.6 Å². The summed E-state index contributed by atoms with van der Waals surface area (Å²) in [5.41, 5.74) is 3.56. The van der Waals surface area contributed by atoms with E-state index < -0.39 is 12.0 Å². The highest BCUT2D eigenvalue weighted by Crippen LogP contribution is 2.45. The fraction of sp³-hybridized carbons (Fsp3) is 0.406. The van der Waals surface area contributed by atoms with Gasteiger partial charge in [-0.05, 0) is 68.0 Å². The van der Waals surface area contributed by atoms with Crippen molar-refractivity contribution < 1.29 is 28.5 Å². The van der Waals surface area contributed by atoms with Crippen molar-refractivity contribution in [3.63, 3.8) is 0 Å². The summed E-state index contributed by atoms with van der Waals surface area (Å²) in [5, 5.41) is 0. The Balaban J connectivity index is 1.29. The minimum atomic E-state index is -0.487. The molecule has 2 fully saturated rings. The van der Waals surface area contributed by atoms with Gasteiger partial charge in [-0.3, -0.25) is 4.79 Å². The lowest BCUT2D eigenvalue weighted by molar-refractivity contribution is -0.106. The van der Waals surface area contributed by atoms with E-state index in [1.807, 2.05) is 54.6 Å². The number of carbonyl (C=O) groups excluding carboxylic acids is 1. The Bertz CT molecular complexity index is 1240. The van der Waals surface area contributed by atoms with Gasteiger partial charge in [0, 0.05) is 18.9 Å². The molecule has 6 heteroatoms. The molecule has 6 nitrogen and oxygen atoms in total. The smallest absolute Gasteiger partial charge is 0.199 e. The van der Waals surface area contributed by atoms with Crippen molar-refractivity contribution in [1.82, 2.24) is 0 Å². The van der Waals surface area contributed by atoms with Crippen LogP contribution in [0.1, 0.15) is 77.6 Å². The molecule has 38 heavy (non-hydrogen) atoms. The normalized spacial score (nSPS) is 25.2. The van der Waals surface area contributed by atoms with E-state index >= 15 is 0 Å². The first-order valence-electron chi connectivity index (χ1n) is 13.7. The van der Waals surface area contributed by atoms with Gasteiger partial charge >= 0.3 is 0 Å². The Hall–Kier alpha value is -3.35. The first kappa shape index (κ1) is 25.0. The molecule has 6 rings (SSSR count). The maximum Gasteiger partial charge on any atom is 0.199 e. The van der Waals surface area contributed by atoms with Crippen LogP contribution in [-0.4, -0.2) is 31.6 Å². The molecule has 198 valence electrons. The molecule has 0 N–H and O–H groups in total. The van der Waals surface area contributed by atoms with Crippen molar-refractivity contribution in [2.45, 2.75) is 70.1 Å². The van der Waals surface area contributed by atoms with Crippen molar-refractivity contribution in [3.05, 3.63) is 89.0 Å². The van der Waals surface area contributed by atoms with Crippen LogP contribution in [0.25, 0.3) is 0 Å². The van der Waals surface area contributed by atoms with Crippen LogP contribution in [0.15, 0.2) is 66.7 Å². The van der Waals surface area contributed by atoms with E-state index in [-0.39, 0.29) is 18.4 Å². The molecule has 3 aromatic rings. The minimum absolute atomic E-state index is 0.0292. The SMILES string of the molecule is Cc1ccc([C@@H]2Oc3cc(OC4CCCCO4)ccc3C(=O)[C@H]2c2ccc(OC3CCCCO3)cc2)cc1. The number of benzene rings is 3. The lowest BCUT2D eigenvalue weighted by Gasteiger charge is -2.34. The molecule has 0 aliphatic carbocycles. The predicted molar refractivity (Wildman–Crippen MR) is 143 cm³/mol. The third-order valence-corrected chi connectivity index (χ3v) is 7.51. The number of hydrogen-bond donors (Lipinski definition) is 0. The fourth-order valence-electron chi connectivity index (χ4n) is 5.40. The average Bonchev–Trinajstić information content (AvgIpc) is 2.95. The number of Topliss-reactive ketones (excluding diaryl/α,β-unsaturated/α-hetero) is 1. The number of aryl methyl sites for hydroxylation is 1. The highest BCUT2D eigenvalue weighted by Gasteiger charge is 2.39. The highest BCUT2D eigenvalue weighted by molar-refractivity contribution is 6.04. The van der Waals surface area contributed by atoms with Gasteiger partial charge in [0.15, 0.2) is 18.4 Å². The Labute approximate surface area is 223 Å². The van der Waals surface area contributed by atoms with E-state index in [2.05, 4.69) is 19.1 Å². The second-order valence-corrected chi connectivity index (χ2v) is 10.3. The Morgan fingerprint density at radius 1 is 0.711 bits per heavy atom. The van der Waals surface area contributed by atoms with Crippen LogP contribution in [0, 0.1) is 6.92 Å². The zero-order valence-corrected chi connectivity index (χ0v) is 21.8. The lowest BCUT2D eigenvalue weighted by atomic mass is 9.81. The average molecular weight is 515 g/mol. The Kier molecular flexibility index (Phi) is 7.34. The van der Waals surface area contributed by atoms with Crippen molar-refractivity contribution >= 4 is 5.78 Å². The van der Waals surface area contributed by atoms with Gasteiger partial charge in [0.1, 0.15) is 23.4 Å². The standard InChI is InChI=1S/C32H34O6/c1-21-8-10-23(11-9-21)32-30(22-12-14-24(15-13-22)36-28-6-2-4-18-34-28)31(33)26-17-16-25(20-27(26)38-32)37-29-7-3-5-19-35-29/h8-17,20,28-30,32H,2-7,18-19H2,1H3/t28?,29?,30-,32+/m1/s1. The quantitative estimate of drug-likeness (QED) is 0.356. The molecule has 2 unspecified atom stereocenters. The van der Waals surface area contributed by atoms with Crippen molar-refractivity contribution in [3.8, 4) is 17.2 Å². The monoisotopic (exact) mass is 514 g/mol. The van der Waals surface area contributed by atoms with E-state index in [0.29, 0.717) is 23.7 Å². The second kappa shape index (κ2) is 11.2. The first-order valence-corrected chi connectivity index (χ1v) is 13.7. The zero-order chi connectivity index (χ0) is 25.9. The van der Waals surface area contributed by atoms with Crippen LogP contribution < -0.4 is 14.2 Å². The van der Waals surface area contributed by atoms with Gasteiger partial charge in [-0.15, -0.1) is 0 Å². The third kappa shape index (κ3) is 5.42. The van der Waals surface area contributed by atoms with Gasteiger partial charge in [-0.2, -0.15) is 0 Å². The van der Waals surface area contributed by atoms with Crippen molar-refractivity contribution in [2.75, 3.05) is 13.2 Å². The number of carbonyl (C=O) groups is 1. The van der Waals surface area contributed by atoms with E-state index in [9.17, 15) is 4.79 Å². The van der Waals surface area contributed by atoms with Crippen LogP contribution in [0.3, 0.4) is 0 Å². The first-order chi connectivity index (χ1) is 18.6. The number of ketones is 1. The van der Waals surface area contributed by atoms with Gasteiger partial charge in [0.05, 0.1) is 24.7 Å². The van der Waals surface area contributed by atoms with E-state index in [1.54, 1.807) is 0 Å². The second-order valence-electron chi connectivity index (χ2n) is 10.3. The largest absolute Gasteiger partial charge is 0.484 e. The summed E-state index contributed by atoms with van der Waals surface area (Å²) in [6, 6.07) is 21.4. The van der Waals surface area contributed by atoms with Crippen molar-refractivity contribution in [1.29, 1.82) is 0 Å². The highest BCUT2D eigenvalue weighted by atomic mass is 16.7.